The van der Waals surface area contributed by atoms with Gasteiger partial charge in [-0.15, -0.1) is 0 Å². The minimum atomic E-state index is -0.371. The van der Waals surface area contributed by atoms with Crippen LogP contribution < -0.4 is 10.1 Å². The second-order valence-electron chi connectivity index (χ2n) is 6.72. The van der Waals surface area contributed by atoms with Gasteiger partial charge >= 0.3 is 0 Å². The van der Waals surface area contributed by atoms with Crippen LogP contribution in [-0.4, -0.2) is 36.8 Å². The lowest BCUT2D eigenvalue weighted by molar-refractivity contribution is -0.111. The van der Waals surface area contributed by atoms with Crippen LogP contribution in [0, 0.1) is 0 Å². The Hall–Kier alpha value is -3.93. The van der Waals surface area contributed by atoms with Gasteiger partial charge in [-0.2, -0.15) is 0 Å². The largest absolute Gasteiger partial charge is 0.497 e. The molecule has 1 aliphatic rings. The van der Waals surface area contributed by atoms with Crippen LogP contribution in [0.5, 0.6) is 5.75 Å². The molecule has 0 aliphatic carbocycles. The summed E-state index contributed by atoms with van der Waals surface area (Å²) in [7, 11) is 3.06. The summed E-state index contributed by atoms with van der Waals surface area (Å²) < 4.78 is 5.22. The highest BCUT2D eigenvalue weighted by molar-refractivity contribution is 6.21. The smallest absolute Gasteiger partial charge is 0.261 e. The highest BCUT2D eigenvalue weighted by Crippen LogP contribution is 2.25. The van der Waals surface area contributed by atoms with Crippen LogP contribution in [0.1, 0.15) is 26.3 Å². The molecule has 0 spiro atoms. The third-order valence-corrected chi connectivity index (χ3v) is 4.86. The molecule has 0 saturated heterocycles. The fourth-order valence-corrected chi connectivity index (χ4v) is 3.27. The van der Waals surface area contributed by atoms with Crippen molar-refractivity contribution >= 4 is 40.3 Å². The number of carbonyl (C=O) groups excluding carboxylic acids is 3. The Morgan fingerprint density at radius 3 is 2.45 bits per heavy atom. The number of nitrogens with zero attached hydrogens (tertiary/aromatic N) is 1. The Bertz CT molecular complexity index is 1200. The molecule has 0 saturated carbocycles. The second-order valence-corrected chi connectivity index (χ2v) is 6.72. The van der Waals surface area contributed by atoms with Gasteiger partial charge in [0.2, 0.25) is 5.91 Å². The van der Waals surface area contributed by atoms with Crippen molar-refractivity contribution in [2.24, 2.45) is 0 Å². The number of rotatable bonds is 4. The molecular weight excluding hydrogens is 368 g/mol. The number of fused-ring (bicyclic) bond motifs is 2. The standard InChI is InChI=1S/C23H18N2O4/c1-25-22(27)19-9-7-17(13-20(19)23(25)28)24-21(26)10-4-14-3-5-16-12-18(29-2)8-6-15(16)11-14/h3-13H,1-2H3,(H,24,26)/b10-4+. The first kappa shape index (κ1) is 18.4. The van der Waals surface area contributed by atoms with Gasteiger partial charge in [0.05, 0.1) is 18.2 Å². The number of nitrogens with one attached hydrogen (secondary N) is 1. The fraction of sp³-hybridized carbons (Fsp3) is 0.0870. The molecule has 0 aromatic heterocycles. The highest BCUT2D eigenvalue weighted by atomic mass is 16.5. The lowest BCUT2D eigenvalue weighted by Gasteiger charge is -2.05. The maximum atomic E-state index is 12.3. The van der Waals surface area contributed by atoms with Gasteiger partial charge in [-0.1, -0.05) is 18.2 Å². The van der Waals surface area contributed by atoms with Crippen molar-refractivity contribution in [1.29, 1.82) is 0 Å². The van der Waals surface area contributed by atoms with Crippen molar-refractivity contribution < 1.29 is 19.1 Å². The predicted molar refractivity (Wildman–Crippen MR) is 111 cm³/mol. The van der Waals surface area contributed by atoms with Crippen molar-refractivity contribution in [3.05, 3.63) is 77.4 Å². The molecule has 1 N–H and O–H groups in total. The first-order chi connectivity index (χ1) is 14.0. The van der Waals surface area contributed by atoms with Crippen LogP contribution in [-0.2, 0) is 4.79 Å². The predicted octanol–water partition coefficient (Wildman–Crippen LogP) is 3.73. The molecule has 4 rings (SSSR count). The van der Waals surface area contributed by atoms with E-state index >= 15 is 0 Å². The monoisotopic (exact) mass is 386 g/mol. The molecule has 29 heavy (non-hydrogen) atoms. The molecule has 0 atom stereocenters. The number of hydrogen-bond acceptors (Lipinski definition) is 4. The van der Waals surface area contributed by atoms with Crippen LogP contribution in [0.25, 0.3) is 16.8 Å². The van der Waals surface area contributed by atoms with Crippen LogP contribution in [0.3, 0.4) is 0 Å². The van der Waals surface area contributed by atoms with Crippen molar-refractivity contribution in [3.8, 4) is 5.75 Å². The number of hydrogen-bond donors (Lipinski definition) is 1. The molecule has 1 heterocycles. The summed E-state index contributed by atoms with van der Waals surface area (Å²) in [6.07, 6.45) is 3.14. The molecule has 144 valence electrons. The van der Waals surface area contributed by atoms with Gasteiger partial charge in [0, 0.05) is 18.8 Å². The number of imide groups is 1. The average Bonchev–Trinajstić information content (AvgIpc) is 2.95. The molecule has 6 nitrogen and oxygen atoms in total. The van der Waals surface area contributed by atoms with E-state index in [0.717, 1.165) is 27.0 Å². The van der Waals surface area contributed by atoms with E-state index in [0.29, 0.717) is 16.8 Å². The second kappa shape index (κ2) is 7.24. The Balaban J connectivity index is 1.49. The van der Waals surface area contributed by atoms with Crippen LogP contribution in [0.15, 0.2) is 60.7 Å². The maximum Gasteiger partial charge on any atom is 0.261 e. The van der Waals surface area contributed by atoms with E-state index < -0.39 is 0 Å². The Morgan fingerprint density at radius 2 is 1.66 bits per heavy atom. The third-order valence-electron chi connectivity index (χ3n) is 4.86. The van der Waals surface area contributed by atoms with E-state index in [1.165, 1.54) is 19.2 Å². The number of ether oxygens (including phenoxy) is 1. The number of amides is 3. The quantitative estimate of drug-likeness (QED) is 0.548. The van der Waals surface area contributed by atoms with E-state index in [1.807, 2.05) is 36.4 Å². The Kier molecular flexibility index (Phi) is 4.60. The molecule has 0 unspecified atom stereocenters. The van der Waals surface area contributed by atoms with Crippen molar-refractivity contribution in [1.82, 2.24) is 4.90 Å². The molecule has 3 amide bonds. The van der Waals surface area contributed by atoms with Crippen LogP contribution in [0.4, 0.5) is 5.69 Å². The zero-order chi connectivity index (χ0) is 20.5. The third kappa shape index (κ3) is 3.48. The molecule has 0 bridgehead atoms. The van der Waals surface area contributed by atoms with E-state index in [-0.39, 0.29) is 17.7 Å². The normalized spacial score (nSPS) is 13.2. The van der Waals surface area contributed by atoms with Gasteiger partial charge in [0.1, 0.15) is 5.75 Å². The molecule has 0 radical (unpaired) electrons. The highest BCUT2D eigenvalue weighted by Gasteiger charge is 2.32. The summed E-state index contributed by atoms with van der Waals surface area (Å²) in [4.78, 5) is 37.3. The van der Waals surface area contributed by atoms with Crippen LogP contribution in [0.2, 0.25) is 0 Å². The molecule has 3 aromatic carbocycles. The number of methoxy groups -OCH3 is 1. The summed E-state index contributed by atoms with van der Waals surface area (Å²) in [5.74, 6) is -0.244. The zero-order valence-electron chi connectivity index (χ0n) is 15.9. The van der Waals surface area contributed by atoms with Gasteiger partial charge in [-0.05, 0) is 58.8 Å². The summed E-state index contributed by atoms with van der Waals surface area (Å²) in [6, 6.07) is 16.4. The Morgan fingerprint density at radius 1 is 0.931 bits per heavy atom. The first-order valence-corrected chi connectivity index (χ1v) is 8.99. The van der Waals surface area contributed by atoms with Gasteiger partial charge < -0.3 is 10.1 Å². The maximum absolute atomic E-state index is 12.3. The molecule has 3 aromatic rings. The van der Waals surface area contributed by atoms with E-state index in [2.05, 4.69) is 5.32 Å². The van der Waals surface area contributed by atoms with Gasteiger partial charge in [-0.25, -0.2) is 0 Å². The summed E-state index contributed by atoms with van der Waals surface area (Å²) in [6.45, 7) is 0. The summed E-state index contributed by atoms with van der Waals surface area (Å²) in [5.41, 5.74) is 1.98. The zero-order valence-corrected chi connectivity index (χ0v) is 15.9. The lowest BCUT2D eigenvalue weighted by atomic mass is 10.1. The van der Waals surface area contributed by atoms with Crippen molar-refractivity contribution in [2.75, 3.05) is 19.5 Å². The summed E-state index contributed by atoms with van der Waals surface area (Å²) >= 11 is 0. The topological polar surface area (TPSA) is 75.7 Å². The Labute approximate surface area is 167 Å². The van der Waals surface area contributed by atoms with Gasteiger partial charge in [0.15, 0.2) is 0 Å². The first-order valence-electron chi connectivity index (χ1n) is 8.99. The molecule has 6 heteroatoms. The minimum absolute atomic E-state index is 0.296. The molecular formula is C23H18N2O4. The fourth-order valence-electron chi connectivity index (χ4n) is 3.27. The number of anilines is 1. The lowest BCUT2D eigenvalue weighted by Crippen LogP contribution is -2.24. The number of benzene rings is 3. The van der Waals surface area contributed by atoms with E-state index in [9.17, 15) is 14.4 Å². The van der Waals surface area contributed by atoms with Gasteiger partial charge in [-0.3, -0.25) is 19.3 Å². The van der Waals surface area contributed by atoms with Gasteiger partial charge in [0.25, 0.3) is 11.8 Å². The van der Waals surface area contributed by atoms with E-state index in [1.54, 1.807) is 25.3 Å². The van der Waals surface area contributed by atoms with Crippen molar-refractivity contribution in [3.63, 3.8) is 0 Å². The molecule has 0 fully saturated rings. The SMILES string of the molecule is COc1ccc2cc(/C=C/C(=O)Nc3ccc4c(c3)C(=O)N(C)C4=O)ccc2c1. The summed E-state index contributed by atoms with van der Waals surface area (Å²) in [5, 5.41) is 4.81. The number of carbonyl (C=O) groups is 3. The van der Waals surface area contributed by atoms with Crippen molar-refractivity contribution in [2.45, 2.75) is 0 Å². The van der Waals surface area contributed by atoms with E-state index in [4.69, 9.17) is 4.74 Å². The molecule has 1 aliphatic heterocycles. The average molecular weight is 386 g/mol. The van der Waals surface area contributed by atoms with Crippen LogP contribution >= 0.6 is 0 Å². The minimum Gasteiger partial charge on any atom is -0.497 e.